The maximum Gasteiger partial charge on any atom is 0.274 e. The summed E-state index contributed by atoms with van der Waals surface area (Å²) >= 11 is 6.15. The first-order valence-corrected chi connectivity index (χ1v) is 6.70. The van der Waals surface area contributed by atoms with Gasteiger partial charge in [0.25, 0.3) is 5.69 Å². The zero-order valence-corrected chi connectivity index (χ0v) is 12.3. The van der Waals surface area contributed by atoms with Crippen LogP contribution in [0.3, 0.4) is 0 Å². The number of non-ortho nitro benzene ring substituents is 1. The molecule has 0 saturated carbocycles. The van der Waals surface area contributed by atoms with E-state index in [9.17, 15) is 14.5 Å². The van der Waals surface area contributed by atoms with Crippen LogP contribution in [0, 0.1) is 15.9 Å². The van der Waals surface area contributed by atoms with Crippen molar-refractivity contribution in [3.8, 4) is 0 Å². The van der Waals surface area contributed by atoms with Crippen LogP contribution in [0.25, 0.3) is 0 Å². The van der Waals surface area contributed by atoms with E-state index >= 15 is 0 Å². The minimum atomic E-state index is -0.641. The van der Waals surface area contributed by atoms with Gasteiger partial charge in [-0.05, 0) is 24.6 Å². The smallest absolute Gasteiger partial charge is 0.274 e. The molecule has 0 aromatic heterocycles. The molecule has 0 spiro atoms. The largest absolute Gasteiger partial charge is 0.367 e. The van der Waals surface area contributed by atoms with Gasteiger partial charge in [0.15, 0.2) is 0 Å². The number of nitro benzene ring substituents is 1. The van der Waals surface area contributed by atoms with Crippen LogP contribution in [0.1, 0.15) is 18.5 Å². The first-order chi connectivity index (χ1) is 9.90. The Hall–Kier alpha value is -2.14. The molecule has 2 aromatic carbocycles. The van der Waals surface area contributed by atoms with E-state index in [1.54, 1.807) is 18.0 Å². The van der Waals surface area contributed by atoms with Crippen molar-refractivity contribution in [2.45, 2.75) is 13.0 Å². The first-order valence-electron chi connectivity index (χ1n) is 6.32. The molecule has 0 bridgehead atoms. The Kier molecular flexibility index (Phi) is 4.43. The molecule has 6 heteroatoms. The molecule has 0 aliphatic heterocycles. The molecule has 0 aliphatic carbocycles. The second-order valence-electron chi connectivity index (χ2n) is 4.73. The molecular formula is C15H14ClFN2O2. The van der Waals surface area contributed by atoms with E-state index in [1.807, 2.05) is 25.1 Å². The van der Waals surface area contributed by atoms with Crippen LogP contribution in [0.2, 0.25) is 5.02 Å². The van der Waals surface area contributed by atoms with Gasteiger partial charge in [-0.25, -0.2) is 4.39 Å². The second-order valence-corrected chi connectivity index (χ2v) is 5.14. The molecule has 0 fully saturated rings. The molecule has 4 nitrogen and oxygen atoms in total. The summed E-state index contributed by atoms with van der Waals surface area (Å²) in [5.41, 5.74) is 1.02. The van der Waals surface area contributed by atoms with Crippen molar-refractivity contribution in [3.05, 3.63) is 69.0 Å². The highest BCUT2D eigenvalue weighted by atomic mass is 35.5. The lowest BCUT2D eigenvalue weighted by Gasteiger charge is -2.28. The van der Waals surface area contributed by atoms with E-state index in [4.69, 9.17) is 11.6 Å². The summed E-state index contributed by atoms with van der Waals surface area (Å²) in [4.78, 5) is 12.0. The topological polar surface area (TPSA) is 46.4 Å². The van der Waals surface area contributed by atoms with Gasteiger partial charge in [0.1, 0.15) is 5.82 Å². The van der Waals surface area contributed by atoms with Crippen LogP contribution in [0.5, 0.6) is 0 Å². The lowest BCUT2D eigenvalue weighted by Crippen LogP contribution is -2.22. The lowest BCUT2D eigenvalue weighted by molar-refractivity contribution is -0.385. The number of nitro groups is 1. The normalized spacial score (nSPS) is 12.0. The molecule has 110 valence electrons. The van der Waals surface area contributed by atoms with E-state index < -0.39 is 10.7 Å². The van der Waals surface area contributed by atoms with Crippen molar-refractivity contribution in [3.63, 3.8) is 0 Å². The quantitative estimate of drug-likeness (QED) is 0.613. The molecule has 2 aromatic rings. The predicted octanol–water partition coefficient (Wildman–Crippen LogP) is 4.58. The third-order valence-corrected chi connectivity index (χ3v) is 3.77. The number of rotatable bonds is 4. The van der Waals surface area contributed by atoms with E-state index in [-0.39, 0.29) is 11.7 Å². The van der Waals surface area contributed by atoms with Gasteiger partial charge in [0.2, 0.25) is 0 Å². The highest BCUT2D eigenvalue weighted by Gasteiger charge is 2.18. The number of hydrogen-bond acceptors (Lipinski definition) is 3. The Morgan fingerprint density at radius 1 is 1.29 bits per heavy atom. The van der Waals surface area contributed by atoms with Crippen LogP contribution in [-0.2, 0) is 0 Å². The number of hydrogen-bond donors (Lipinski definition) is 0. The first kappa shape index (κ1) is 15.3. The minimum absolute atomic E-state index is 0.153. The second kappa shape index (κ2) is 6.10. The molecule has 0 saturated heterocycles. The van der Waals surface area contributed by atoms with Gasteiger partial charge in [-0.2, -0.15) is 0 Å². The monoisotopic (exact) mass is 308 g/mol. The number of nitrogens with zero attached hydrogens (tertiary/aromatic N) is 2. The SMILES string of the molecule is CC(c1ccccc1Cl)N(C)c1cc(F)cc([N+](=O)[O-])c1. The lowest BCUT2D eigenvalue weighted by atomic mass is 10.1. The van der Waals surface area contributed by atoms with Gasteiger partial charge in [0.05, 0.1) is 17.0 Å². The zero-order chi connectivity index (χ0) is 15.6. The zero-order valence-electron chi connectivity index (χ0n) is 11.6. The summed E-state index contributed by atoms with van der Waals surface area (Å²) in [5.74, 6) is -0.641. The molecule has 0 aliphatic rings. The highest BCUT2D eigenvalue weighted by molar-refractivity contribution is 6.31. The van der Waals surface area contributed by atoms with Gasteiger partial charge in [0, 0.05) is 23.8 Å². The fraction of sp³-hybridized carbons (Fsp3) is 0.200. The highest BCUT2D eigenvalue weighted by Crippen LogP contribution is 2.31. The van der Waals surface area contributed by atoms with Crippen molar-refractivity contribution in [1.29, 1.82) is 0 Å². The summed E-state index contributed by atoms with van der Waals surface area (Å²) in [6.45, 7) is 1.90. The van der Waals surface area contributed by atoms with E-state index in [1.165, 1.54) is 12.1 Å². The van der Waals surface area contributed by atoms with Crippen LogP contribution < -0.4 is 4.90 Å². The molecule has 21 heavy (non-hydrogen) atoms. The summed E-state index contributed by atoms with van der Waals surface area (Å²) in [5, 5.41) is 11.4. The molecule has 1 atom stereocenters. The number of benzene rings is 2. The minimum Gasteiger partial charge on any atom is -0.367 e. The third kappa shape index (κ3) is 3.31. The van der Waals surface area contributed by atoms with Crippen LogP contribution in [-0.4, -0.2) is 12.0 Å². The fourth-order valence-electron chi connectivity index (χ4n) is 2.11. The number of anilines is 1. The molecule has 2 rings (SSSR count). The van der Waals surface area contributed by atoms with Crippen molar-refractivity contribution in [2.75, 3.05) is 11.9 Å². The molecule has 0 N–H and O–H groups in total. The maximum atomic E-state index is 13.5. The molecule has 0 radical (unpaired) electrons. The predicted molar refractivity (Wildman–Crippen MR) is 81.3 cm³/mol. The summed E-state index contributed by atoms with van der Waals surface area (Å²) in [6.07, 6.45) is 0. The van der Waals surface area contributed by atoms with Crippen LogP contribution in [0.4, 0.5) is 15.8 Å². The average molecular weight is 309 g/mol. The summed E-state index contributed by atoms with van der Waals surface area (Å²) in [6, 6.07) is 10.7. The van der Waals surface area contributed by atoms with Crippen molar-refractivity contribution < 1.29 is 9.31 Å². The standard InChI is InChI=1S/C15H14ClFN2O2/c1-10(14-5-3-4-6-15(14)16)18(2)12-7-11(17)8-13(9-12)19(20)21/h3-10H,1-2H3. The Balaban J connectivity index is 2.38. The Bertz CT molecular complexity index is 678. The molecule has 1 unspecified atom stereocenters. The van der Waals surface area contributed by atoms with Crippen LogP contribution in [0.15, 0.2) is 42.5 Å². The van der Waals surface area contributed by atoms with E-state index in [2.05, 4.69) is 0 Å². The average Bonchev–Trinajstić information content (AvgIpc) is 2.45. The maximum absolute atomic E-state index is 13.5. The summed E-state index contributed by atoms with van der Waals surface area (Å²) < 4.78 is 13.5. The van der Waals surface area contributed by atoms with Crippen molar-refractivity contribution in [1.82, 2.24) is 0 Å². The van der Waals surface area contributed by atoms with Gasteiger partial charge < -0.3 is 4.90 Å². The van der Waals surface area contributed by atoms with Crippen molar-refractivity contribution >= 4 is 23.0 Å². The van der Waals surface area contributed by atoms with E-state index in [0.717, 1.165) is 11.6 Å². The van der Waals surface area contributed by atoms with Crippen molar-refractivity contribution in [2.24, 2.45) is 0 Å². The van der Waals surface area contributed by atoms with Gasteiger partial charge in [-0.3, -0.25) is 10.1 Å². The summed E-state index contributed by atoms with van der Waals surface area (Å²) in [7, 11) is 1.74. The van der Waals surface area contributed by atoms with Gasteiger partial charge >= 0.3 is 0 Å². The third-order valence-electron chi connectivity index (χ3n) is 3.42. The van der Waals surface area contributed by atoms with Gasteiger partial charge in [-0.15, -0.1) is 0 Å². The molecule has 0 heterocycles. The Morgan fingerprint density at radius 3 is 2.57 bits per heavy atom. The molecule has 0 amide bonds. The van der Waals surface area contributed by atoms with Crippen LogP contribution >= 0.6 is 11.6 Å². The fourth-order valence-corrected chi connectivity index (χ4v) is 2.41. The van der Waals surface area contributed by atoms with E-state index in [0.29, 0.717) is 10.7 Å². The number of halogens is 2. The Morgan fingerprint density at radius 2 is 1.95 bits per heavy atom. The van der Waals surface area contributed by atoms with Gasteiger partial charge in [-0.1, -0.05) is 29.8 Å². The Labute approximate surface area is 126 Å². The molecular weight excluding hydrogens is 295 g/mol.